The van der Waals surface area contributed by atoms with Crippen LogP contribution in [0.2, 0.25) is 0 Å². The van der Waals surface area contributed by atoms with Gasteiger partial charge < -0.3 is 9.64 Å². The van der Waals surface area contributed by atoms with E-state index < -0.39 is 10.0 Å². The lowest BCUT2D eigenvalue weighted by Crippen LogP contribution is -2.51. The third-order valence-electron chi connectivity index (χ3n) is 6.47. The molecule has 10 heteroatoms. The van der Waals surface area contributed by atoms with Crippen molar-refractivity contribution in [1.82, 2.24) is 24.0 Å². The smallest absolute Gasteiger partial charge is 0.244 e. The van der Waals surface area contributed by atoms with Gasteiger partial charge in [0.2, 0.25) is 15.9 Å². The molecule has 2 aromatic carbocycles. The van der Waals surface area contributed by atoms with Crippen molar-refractivity contribution in [1.29, 1.82) is 0 Å². The molecule has 2 aromatic heterocycles. The van der Waals surface area contributed by atoms with Crippen molar-refractivity contribution in [3.63, 3.8) is 0 Å². The first-order chi connectivity index (χ1) is 17.4. The van der Waals surface area contributed by atoms with E-state index in [2.05, 4.69) is 10.1 Å². The zero-order chi connectivity index (χ0) is 25.3. The maximum Gasteiger partial charge on any atom is 0.244 e. The van der Waals surface area contributed by atoms with Gasteiger partial charge in [-0.05, 0) is 48.4 Å². The molecule has 1 saturated heterocycles. The van der Waals surface area contributed by atoms with Crippen molar-refractivity contribution in [2.75, 3.05) is 33.3 Å². The Morgan fingerprint density at radius 3 is 2.33 bits per heavy atom. The lowest BCUT2D eigenvalue weighted by Gasteiger charge is -2.34. The second kappa shape index (κ2) is 9.71. The SMILES string of the molecule is COc1ccc(-c2ccnc3c2c(C)nn3CC(=O)N2CCN(S(=O)(=O)c3ccccc3)CC2)cc1. The van der Waals surface area contributed by atoms with Crippen LogP contribution in [0, 0.1) is 6.92 Å². The lowest BCUT2D eigenvalue weighted by molar-refractivity contribution is -0.133. The summed E-state index contributed by atoms with van der Waals surface area (Å²) in [7, 11) is -1.94. The number of hydrogen-bond donors (Lipinski definition) is 0. The molecule has 1 aliphatic rings. The number of methoxy groups -OCH3 is 1. The topological polar surface area (TPSA) is 97.6 Å². The number of aryl methyl sites for hydroxylation is 1. The van der Waals surface area contributed by atoms with Gasteiger partial charge in [0.15, 0.2) is 5.65 Å². The molecule has 0 radical (unpaired) electrons. The van der Waals surface area contributed by atoms with Crippen molar-refractivity contribution >= 4 is 27.0 Å². The minimum Gasteiger partial charge on any atom is -0.497 e. The van der Waals surface area contributed by atoms with E-state index in [9.17, 15) is 13.2 Å². The zero-order valence-electron chi connectivity index (χ0n) is 20.2. The zero-order valence-corrected chi connectivity index (χ0v) is 21.0. The number of hydrogen-bond acceptors (Lipinski definition) is 6. The van der Waals surface area contributed by atoms with Crippen LogP contribution < -0.4 is 4.74 Å². The molecule has 0 saturated carbocycles. The van der Waals surface area contributed by atoms with E-state index in [-0.39, 0.29) is 30.4 Å². The Morgan fingerprint density at radius 2 is 1.67 bits per heavy atom. The standard InChI is InChI=1S/C26H27N5O4S/c1-19-25-23(20-8-10-21(35-2)11-9-20)12-13-27-26(25)31(28-19)18-24(32)29-14-16-30(17-15-29)36(33,34)22-6-4-3-5-7-22/h3-13H,14-18H2,1-2H3. The second-order valence-corrected chi connectivity index (χ2v) is 10.6. The summed E-state index contributed by atoms with van der Waals surface area (Å²) in [5.41, 5.74) is 3.42. The first-order valence-electron chi connectivity index (χ1n) is 11.7. The molecule has 186 valence electrons. The van der Waals surface area contributed by atoms with Crippen LogP contribution >= 0.6 is 0 Å². The van der Waals surface area contributed by atoms with E-state index in [0.717, 1.165) is 28.0 Å². The molecule has 9 nitrogen and oxygen atoms in total. The van der Waals surface area contributed by atoms with Gasteiger partial charge >= 0.3 is 0 Å². The summed E-state index contributed by atoms with van der Waals surface area (Å²) in [6.07, 6.45) is 1.72. The van der Waals surface area contributed by atoms with Crippen LogP contribution in [-0.2, 0) is 21.4 Å². The molecule has 0 unspecified atom stereocenters. The van der Waals surface area contributed by atoms with Crippen molar-refractivity contribution in [3.05, 3.63) is 72.6 Å². The van der Waals surface area contributed by atoms with Gasteiger partial charge in [-0.1, -0.05) is 30.3 Å². The largest absolute Gasteiger partial charge is 0.497 e. The number of rotatable bonds is 6. The van der Waals surface area contributed by atoms with Gasteiger partial charge in [0.1, 0.15) is 12.3 Å². The van der Waals surface area contributed by atoms with Crippen molar-refractivity contribution in [2.24, 2.45) is 0 Å². The number of benzene rings is 2. The Kier molecular flexibility index (Phi) is 6.46. The number of fused-ring (bicyclic) bond motifs is 1. The molecule has 4 aromatic rings. The van der Waals surface area contributed by atoms with Crippen LogP contribution in [0.3, 0.4) is 0 Å². The van der Waals surface area contributed by atoms with E-state index in [4.69, 9.17) is 4.74 Å². The fourth-order valence-electron chi connectivity index (χ4n) is 4.55. The van der Waals surface area contributed by atoms with Crippen molar-refractivity contribution in [3.8, 4) is 16.9 Å². The van der Waals surface area contributed by atoms with Crippen LogP contribution in [0.15, 0.2) is 71.8 Å². The highest BCUT2D eigenvalue weighted by Crippen LogP contribution is 2.31. The molecule has 1 amide bonds. The number of ether oxygens (including phenoxy) is 1. The Bertz CT molecular complexity index is 1490. The van der Waals surface area contributed by atoms with Gasteiger partial charge in [0.05, 0.1) is 17.7 Å². The highest BCUT2D eigenvalue weighted by atomic mass is 32.2. The highest BCUT2D eigenvalue weighted by molar-refractivity contribution is 7.89. The molecule has 0 atom stereocenters. The fraction of sp³-hybridized carbons (Fsp3) is 0.269. The number of pyridine rings is 1. The minimum absolute atomic E-state index is 0.0365. The Balaban J connectivity index is 1.32. The highest BCUT2D eigenvalue weighted by Gasteiger charge is 2.30. The number of piperazine rings is 1. The monoisotopic (exact) mass is 505 g/mol. The summed E-state index contributed by atoms with van der Waals surface area (Å²) in [6, 6.07) is 18.1. The Morgan fingerprint density at radius 1 is 0.972 bits per heavy atom. The average molecular weight is 506 g/mol. The van der Waals surface area contributed by atoms with Crippen LogP contribution in [0.1, 0.15) is 5.69 Å². The van der Waals surface area contributed by atoms with Gasteiger partial charge in [-0.2, -0.15) is 9.40 Å². The van der Waals surface area contributed by atoms with Crippen LogP contribution in [0.4, 0.5) is 0 Å². The lowest BCUT2D eigenvalue weighted by atomic mass is 10.0. The van der Waals surface area contributed by atoms with Gasteiger partial charge in [-0.25, -0.2) is 18.1 Å². The molecule has 0 bridgehead atoms. The van der Waals surface area contributed by atoms with Gasteiger partial charge in [-0.15, -0.1) is 0 Å². The van der Waals surface area contributed by atoms with E-state index in [1.807, 2.05) is 37.3 Å². The molecule has 0 spiro atoms. The third-order valence-corrected chi connectivity index (χ3v) is 8.38. The average Bonchev–Trinajstić information content (AvgIpc) is 3.24. The maximum absolute atomic E-state index is 13.1. The maximum atomic E-state index is 13.1. The van der Waals surface area contributed by atoms with Gasteiger partial charge in [0, 0.05) is 37.8 Å². The Hall–Kier alpha value is -3.76. The van der Waals surface area contributed by atoms with Gasteiger partial charge in [-0.3, -0.25) is 4.79 Å². The number of carbonyl (C=O) groups excluding carboxylic acids is 1. The second-order valence-electron chi connectivity index (χ2n) is 8.63. The van der Waals surface area contributed by atoms with Gasteiger partial charge in [0.25, 0.3) is 0 Å². The summed E-state index contributed by atoms with van der Waals surface area (Å²) in [6.45, 7) is 3.10. The minimum atomic E-state index is -3.57. The molecular weight excluding hydrogens is 478 g/mol. The van der Waals surface area contributed by atoms with Crippen LogP contribution in [0.25, 0.3) is 22.2 Å². The number of carbonyl (C=O) groups is 1. The quantitative estimate of drug-likeness (QED) is 0.400. The number of nitrogens with zero attached hydrogens (tertiary/aromatic N) is 5. The van der Waals surface area contributed by atoms with E-state index in [1.54, 1.807) is 53.2 Å². The molecule has 0 N–H and O–H groups in total. The number of sulfonamides is 1. The first kappa shape index (κ1) is 24.0. The molecule has 1 fully saturated rings. The first-order valence-corrected chi connectivity index (χ1v) is 13.1. The molecule has 1 aliphatic heterocycles. The molecule has 5 rings (SSSR count). The predicted molar refractivity (Wildman–Crippen MR) is 136 cm³/mol. The molecule has 0 aliphatic carbocycles. The van der Waals surface area contributed by atoms with Crippen LogP contribution in [0.5, 0.6) is 5.75 Å². The molecule has 36 heavy (non-hydrogen) atoms. The predicted octanol–water partition coefficient (Wildman–Crippen LogP) is 2.95. The van der Waals surface area contributed by atoms with Crippen LogP contribution in [-0.4, -0.2) is 71.6 Å². The normalized spacial score (nSPS) is 14.8. The summed E-state index contributed by atoms with van der Waals surface area (Å²) in [4.78, 5) is 19.6. The molecular formula is C26H27N5O4S. The summed E-state index contributed by atoms with van der Waals surface area (Å²) in [5, 5.41) is 5.51. The number of aromatic nitrogens is 3. The van der Waals surface area contributed by atoms with E-state index >= 15 is 0 Å². The summed E-state index contributed by atoms with van der Waals surface area (Å²) < 4.78 is 34.1. The summed E-state index contributed by atoms with van der Waals surface area (Å²) in [5.74, 6) is 0.659. The summed E-state index contributed by atoms with van der Waals surface area (Å²) >= 11 is 0. The van der Waals surface area contributed by atoms with E-state index in [0.29, 0.717) is 18.7 Å². The number of amides is 1. The third kappa shape index (κ3) is 4.45. The fourth-order valence-corrected chi connectivity index (χ4v) is 5.99. The van der Waals surface area contributed by atoms with Crippen molar-refractivity contribution in [2.45, 2.75) is 18.4 Å². The van der Waals surface area contributed by atoms with Crippen molar-refractivity contribution < 1.29 is 17.9 Å². The van der Waals surface area contributed by atoms with E-state index in [1.165, 1.54) is 4.31 Å². The molecule has 3 heterocycles. The Labute approximate surface area is 210 Å².